The van der Waals surface area contributed by atoms with Crippen molar-refractivity contribution < 1.29 is 9.53 Å². The lowest BCUT2D eigenvalue weighted by Gasteiger charge is -2.11. The summed E-state index contributed by atoms with van der Waals surface area (Å²) in [5.74, 6) is 0.968. The standard InChI is InChI=1S/C17H15N3O2/c1-19-17(21)15-10-11(8-9-20-15)22-16-7-6-14(18)12-4-2-3-5-13(12)16/h2-10H,18H2,1H3,(H,19,21). The summed E-state index contributed by atoms with van der Waals surface area (Å²) in [7, 11) is 1.56. The number of anilines is 1. The second-order valence-electron chi connectivity index (χ2n) is 4.76. The van der Waals surface area contributed by atoms with Gasteiger partial charge in [-0.1, -0.05) is 24.3 Å². The molecule has 0 radical (unpaired) electrons. The minimum atomic E-state index is -0.257. The van der Waals surface area contributed by atoms with E-state index in [1.165, 1.54) is 0 Å². The number of rotatable bonds is 3. The molecule has 5 heteroatoms. The number of carbonyl (C=O) groups is 1. The van der Waals surface area contributed by atoms with Crippen LogP contribution in [0.15, 0.2) is 54.7 Å². The zero-order valence-corrected chi connectivity index (χ0v) is 12.0. The number of nitrogen functional groups attached to an aromatic ring is 1. The van der Waals surface area contributed by atoms with E-state index in [4.69, 9.17) is 10.5 Å². The number of fused-ring (bicyclic) bond motifs is 1. The molecule has 0 aliphatic heterocycles. The van der Waals surface area contributed by atoms with Gasteiger partial charge >= 0.3 is 0 Å². The van der Waals surface area contributed by atoms with Crippen LogP contribution in [0.25, 0.3) is 10.8 Å². The summed E-state index contributed by atoms with van der Waals surface area (Å²) in [5, 5.41) is 4.38. The molecule has 22 heavy (non-hydrogen) atoms. The van der Waals surface area contributed by atoms with E-state index in [-0.39, 0.29) is 5.91 Å². The number of nitrogens with one attached hydrogen (secondary N) is 1. The van der Waals surface area contributed by atoms with Gasteiger partial charge < -0.3 is 15.8 Å². The quantitative estimate of drug-likeness (QED) is 0.728. The SMILES string of the molecule is CNC(=O)c1cc(Oc2ccc(N)c3ccccc23)ccn1. The molecule has 0 saturated carbocycles. The second kappa shape index (κ2) is 5.73. The number of ether oxygens (including phenoxy) is 1. The number of pyridine rings is 1. The van der Waals surface area contributed by atoms with Crippen molar-refractivity contribution in [3.8, 4) is 11.5 Å². The molecule has 0 saturated heterocycles. The molecular formula is C17H15N3O2. The summed E-state index contributed by atoms with van der Waals surface area (Å²) in [6.07, 6.45) is 1.54. The Kier molecular flexibility index (Phi) is 3.62. The number of nitrogens with two attached hydrogens (primary N) is 1. The summed E-state index contributed by atoms with van der Waals surface area (Å²) in [4.78, 5) is 15.6. The van der Waals surface area contributed by atoms with Crippen LogP contribution in [-0.4, -0.2) is 17.9 Å². The number of aromatic nitrogens is 1. The van der Waals surface area contributed by atoms with E-state index in [1.54, 1.807) is 31.4 Å². The van der Waals surface area contributed by atoms with Crippen LogP contribution in [0.4, 0.5) is 5.69 Å². The molecule has 0 aliphatic rings. The van der Waals surface area contributed by atoms with Gasteiger partial charge in [0, 0.05) is 35.8 Å². The Balaban J connectivity index is 2.00. The molecule has 1 heterocycles. The summed E-state index contributed by atoms with van der Waals surface area (Å²) in [5.41, 5.74) is 6.99. The Bertz CT molecular complexity index is 846. The van der Waals surface area contributed by atoms with E-state index in [2.05, 4.69) is 10.3 Å². The van der Waals surface area contributed by atoms with Crippen LogP contribution in [0.3, 0.4) is 0 Å². The molecule has 3 aromatic rings. The fourth-order valence-corrected chi connectivity index (χ4v) is 2.24. The Hall–Kier alpha value is -3.08. The van der Waals surface area contributed by atoms with Crippen LogP contribution in [0.2, 0.25) is 0 Å². The summed E-state index contributed by atoms with van der Waals surface area (Å²) in [6, 6.07) is 14.7. The van der Waals surface area contributed by atoms with Gasteiger partial charge in [-0.25, -0.2) is 0 Å². The van der Waals surface area contributed by atoms with Gasteiger partial charge in [-0.2, -0.15) is 0 Å². The Labute approximate surface area is 127 Å². The summed E-state index contributed by atoms with van der Waals surface area (Å²) >= 11 is 0. The average Bonchev–Trinajstić information content (AvgIpc) is 2.57. The normalized spacial score (nSPS) is 10.4. The van der Waals surface area contributed by atoms with Crippen molar-refractivity contribution in [1.82, 2.24) is 10.3 Å². The Morgan fingerprint density at radius 2 is 1.91 bits per heavy atom. The van der Waals surface area contributed by atoms with E-state index in [1.807, 2.05) is 30.3 Å². The predicted molar refractivity (Wildman–Crippen MR) is 86.1 cm³/mol. The number of hydrogen-bond donors (Lipinski definition) is 2. The van der Waals surface area contributed by atoms with Gasteiger partial charge in [-0.15, -0.1) is 0 Å². The van der Waals surface area contributed by atoms with Crippen molar-refractivity contribution in [2.24, 2.45) is 0 Å². The van der Waals surface area contributed by atoms with E-state index in [0.717, 1.165) is 10.8 Å². The van der Waals surface area contributed by atoms with Gasteiger partial charge in [0.25, 0.3) is 5.91 Å². The average molecular weight is 293 g/mol. The largest absolute Gasteiger partial charge is 0.457 e. The minimum absolute atomic E-state index is 0.257. The highest BCUT2D eigenvalue weighted by Gasteiger charge is 2.09. The zero-order valence-electron chi connectivity index (χ0n) is 12.0. The first-order valence-electron chi connectivity index (χ1n) is 6.82. The highest BCUT2D eigenvalue weighted by molar-refractivity contribution is 5.97. The number of amides is 1. The van der Waals surface area contributed by atoms with Crippen molar-refractivity contribution >= 4 is 22.4 Å². The molecule has 1 aromatic heterocycles. The molecule has 3 N–H and O–H groups in total. The van der Waals surface area contributed by atoms with Crippen LogP contribution >= 0.6 is 0 Å². The number of benzene rings is 2. The van der Waals surface area contributed by atoms with Crippen molar-refractivity contribution in [2.75, 3.05) is 12.8 Å². The fourth-order valence-electron chi connectivity index (χ4n) is 2.24. The second-order valence-corrected chi connectivity index (χ2v) is 4.76. The molecule has 0 bridgehead atoms. The molecular weight excluding hydrogens is 278 g/mol. The summed E-state index contributed by atoms with van der Waals surface area (Å²) in [6.45, 7) is 0. The molecule has 0 atom stereocenters. The van der Waals surface area contributed by atoms with Crippen LogP contribution in [0, 0.1) is 0 Å². The number of hydrogen-bond acceptors (Lipinski definition) is 4. The van der Waals surface area contributed by atoms with Gasteiger partial charge in [0.2, 0.25) is 0 Å². The van der Waals surface area contributed by atoms with Crippen LogP contribution < -0.4 is 15.8 Å². The Morgan fingerprint density at radius 3 is 2.68 bits per heavy atom. The molecule has 0 aliphatic carbocycles. The maximum absolute atomic E-state index is 11.6. The van der Waals surface area contributed by atoms with Gasteiger partial charge in [-0.3, -0.25) is 9.78 Å². The predicted octanol–water partition coefficient (Wildman–Crippen LogP) is 2.97. The molecule has 110 valence electrons. The van der Waals surface area contributed by atoms with E-state index in [9.17, 15) is 4.79 Å². The highest BCUT2D eigenvalue weighted by atomic mass is 16.5. The van der Waals surface area contributed by atoms with Crippen LogP contribution in [0.1, 0.15) is 10.5 Å². The monoisotopic (exact) mass is 293 g/mol. The lowest BCUT2D eigenvalue weighted by atomic mass is 10.1. The van der Waals surface area contributed by atoms with Gasteiger partial charge in [0.1, 0.15) is 17.2 Å². The first-order valence-corrected chi connectivity index (χ1v) is 6.82. The molecule has 0 spiro atoms. The van der Waals surface area contributed by atoms with Crippen LogP contribution in [-0.2, 0) is 0 Å². The first kappa shape index (κ1) is 13.9. The smallest absolute Gasteiger partial charge is 0.269 e. The highest BCUT2D eigenvalue weighted by Crippen LogP contribution is 2.33. The maximum atomic E-state index is 11.6. The van der Waals surface area contributed by atoms with E-state index in [0.29, 0.717) is 22.9 Å². The first-order chi connectivity index (χ1) is 10.7. The van der Waals surface area contributed by atoms with Crippen molar-refractivity contribution in [3.05, 3.63) is 60.4 Å². The lowest BCUT2D eigenvalue weighted by Crippen LogP contribution is -2.18. The number of nitrogens with zero attached hydrogens (tertiary/aromatic N) is 1. The van der Waals surface area contributed by atoms with Crippen molar-refractivity contribution in [3.63, 3.8) is 0 Å². The van der Waals surface area contributed by atoms with Crippen molar-refractivity contribution in [2.45, 2.75) is 0 Å². The van der Waals surface area contributed by atoms with E-state index < -0.39 is 0 Å². The van der Waals surface area contributed by atoms with Gasteiger partial charge in [-0.05, 0) is 18.2 Å². The fraction of sp³-hybridized carbons (Fsp3) is 0.0588. The molecule has 3 rings (SSSR count). The third-order valence-corrected chi connectivity index (χ3v) is 3.34. The number of carbonyl (C=O) groups excluding carboxylic acids is 1. The van der Waals surface area contributed by atoms with E-state index >= 15 is 0 Å². The van der Waals surface area contributed by atoms with Crippen LogP contribution in [0.5, 0.6) is 11.5 Å². The topological polar surface area (TPSA) is 77.2 Å². The summed E-state index contributed by atoms with van der Waals surface area (Å²) < 4.78 is 5.91. The lowest BCUT2D eigenvalue weighted by molar-refractivity contribution is 0.0958. The van der Waals surface area contributed by atoms with Crippen molar-refractivity contribution in [1.29, 1.82) is 0 Å². The Morgan fingerprint density at radius 1 is 1.14 bits per heavy atom. The third-order valence-electron chi connectivity index (χ3n) is 3.34. The van der Waals surface area contributed by atoms with Gasteiger partial charge in [0.05, 0.1) is 0 Å². The molecule has 1 amide bonds. The molecule has 2 aromatic carbocycles. The minimum Gasteiger partial charge on any atom is -0.457 e. The molecule has 0 unspecified atom stereocenters. The maximum Gasteiger partial charge on any atom is 0.269 e. The van der Waals surface area contributed by atoms with Gasteiger partial charge in [0.15, 0.2) is 0 Å². The zero-order chi connectivity index (χ0) is 15.5. The molecule has 5 nitrogen and oxygen atoms in total. The molecule has 0 fully saturated rings. The third kappa shape index (κ3) is 2.56.